The molecule has 64 heavy (non-hydrogen) atoms. The molecule has 4 aliphatic carbocycles. The van der Waals surface area contributed by atoms with Gasteiger partial charge in [-0.25, -0.2) is 15.0 Å². The topological polar surface area (TPSA) is 65.0 Å². The van der Waals surface area contributed by atoms with Gasteiger partial charge in [-0.1, -0.05) is 129 Å². The third-order valence-electron chi connectivity index (χ3n) is 14.3. The Morgan fingerprint density at radius 3 is 2.00 bits per heavy atom. The number of nitrogens with zero attached hydrogens (tertiary/aromatic N) is 3. The summed E-state index contributed by atoms with van der Waals surface area (Å²) >= 11 is 0. The van der Waals surface area contributed by atoms with Gasteiger partial charge in [-0.3, -0.25) is 0 Å². The van der Waals surface area contributed by atoms with E-state index in [-0.39, 0.29) is 16.2 Å². The van der Waals surface area contributed by atoms with Crippen molar-refractivity contribution < 1.29 is 8.83 Å². The van der Waals surface area contributed by atoms with Crippen molar-refractivity contribution in [2.24, 2.45) is 23.7 Å². The molecule has 2 saturated carbocycles. The highest BCUT2D eigenvalue weighted by atomic mass is 16.3. The van der Waals surface area contributed by atoms with E-state index in [4.69, 9.17) is 23.8 Å². The predicted molar refractivity (Wildman–Crippen MR) is 264 cm³/mol. The van der Waals surface area contributed by atoms with Gasteiger partial charge in [-0.15, -0.1) is 0 Å². The maximum Gasteiger partial charge on any atom is 0.164 e. The molecule has 8 aromatic rings. The Kier molecular flexibility index (Phi) is 8.34. The molecule has 0 aliphatic heterocycles. The zero-order chi connectivity index (χ0) is 44.0. The molecule has 0 bridgehead atoms. The number of hydrogen-bond donors (Lipinski definition) is 0. The molecule has 12 rings (SSSR count). The van der Waals surface area contributed by atoms with Crippen molar-refractivity contribution in [1.29, 1.82) is 0 Å². The van der Waals surface area contributed by atoms with Crippen LogP contribution in [0.3, 0.4) is 0 Å². The number of hydrogen-bond acceptors (Lipinski definition) is 5. The Bertz CT molecular complexity index is 3420. The molecule has 4 unspecified atom stereocenters. The lowest BCUT2D eigenvalue weighted by Crippen LogP contribution is -2.16. The molecule has 2 fully saturated rings. The van der Waals surface area contributed by atoms with Gasteiger partial charge in [0.15, 0.2) is 17.5 Å². The highest BCUT2D eigenvalue weighted by Gasteiger charge is 2.41. The van der Waals surface area contributed by atoms with Gasteiger partial charge < -0.3 is 8.83 Å². The third-order valence-corrected chi connectivity index (χ3v) is 14.3. The van der Waals surface area contributed by atoms with Gasteiger partial charge in [-0.2, -0.15) is 0 Å². The van der Waals surface area contributed by atoms with Crippen LogP contribution in [0.4, 0.5) is 0 Å². The summed E-state index contributed by atoms with van der Waals surface area (Å²) in [5.74, 6) is 4.41. The van der Waals surface area contributed by atoms with Gasteiger partial charge in [0, 0.05) is 49.4 Å². The summed E-state index contributed by atoms with van der Waals surface area (Å²) in [6, 6.07) is 31.2. The number of allylic oxidation sites excluding steroid dienone is 8. The van der Waals surface area contributed by atoms with Gasteiger partial charge >= 0.3 is 0 Å². The van der Waals surface area contributed by atoms with E-state index in [0.717, 1.165) is 95.3 Å². The van der Waals surface area contributed by atoms with E-state index < -0.39 is 0 Å². The highest BCUT2D eigenvalue weighted by molar-refractivity contribution is 6.12. The number of aromatic nitrogens is 3. The second-order valence-electron chi connectivity index (χ2n) is 22.1. The van der Waals surface area contributed by atoms with Crippen LogP contribution in [0.5, 0.6) is 0 Å². The first kappa shape index (κ1) is 39.3. The fourth-order valence-electron chi connectivity index (χ4n) is 10.1. The van der Waals surface area contributed by atoms with Crippen molar-refractivity contribution in [3.63, 3.8) is 0 Å². The van der Waals surface area contributed by atoms with E-state index in [1.54, 1.807) is 0 Å². The summed E-state index contributed by atoms with van der Waals surface area (Å²) in [6.07, 6.45) is 16.0. The molecule has 0 radical (unpaired) electrons. The molecular weight excluding hydrogens is 783 g/mol. The smallest absolute Gasteiger partial charge is 0.164 e. The number of rotatable bonds is 5. The lowest BCUT2D eigenvalue weighted by atomic mass is 9.79. The van der Waals surface area contributed by atoms with Crippen molar-refractivity contribution in [2.75, 3.05) is 0 Å². The minimum absolute atomic E-state index is 0.0388. The number of furan rings is 2. The van der Waals surface area contributed by atoms with Crippen LogP contribution in [0, 0.1) is 23.7 Å². The molecule has 0 saturated heterocycles. The Balaban J connectivity index is 1.14. The lowest BCUT2D eigenvalue weighted by molar-refractivity contribution is 0.559. The van der Waals surface area contributed by atoms with E-state index in [9.17, 15) is 0 Å². The zero-order valence-electron chi connectivity index (χ0n) is 38.4. The monoisotopic (exact) mass is 837 g/mol. The van der Waals surface area contributed by atoms with Crippen molar-refractivity contribution in [3.8, 4) is 33.6 Å². The Labute approximate surface area is 375 Å². The van der Waals surface area contributed by atoms with Gasteiger partial charge in [0.05, 0.1) is 0 Å². The van der Waals surface area contributed by atoms with Crippen molar-refractivity contribution in [2.45, 2.75) is 91.4 Å². The summed E-state index contributed by atoms with van der Waals surface area (Å²) in [6.45, 7) is 20.7. The van der Waals surface area contributed by atoms with Crippen molar-refractivity contribution in [3.05, 3.63) is 150 Å². The molecule has 5 aromatic carbocycles. The van der Waals surface area contributed by atoms with Gasteiger partial charge in [0.25, 0.3) is 0 Å². The molecule has 3 heterocycles. The number of benzene rings is 5. The van der Waals surface area contributed by atoms with Gasteiger partial charge in [-0.05, 0) is 135 Å². The van der Waals surface area contributed by atoms with Crippen LogP contribution < -0.4 is 0 Å². The molecule has 4 atom stereocenters. The fourth-order valence-corrected chi connectivity index (χ4v) is 10.1. The highest BCUT2D eigenvalue weighted by Crippen LogP contribution is 2.52. The third kappa shape index (κ3) is 6.61. The first-order valence-electron chi connectivity index (χ1n) is 23.2. The number of para-hydroxylation sites is 1. The van der Waals surface area contributed by atoms with Crippen LogP contribution in [0.2, 0.25) is 0 Å². The first-order chi connectivity index (χ1) is 30.5. The van der Waals surface area contributed by atoms with Crippen LogP contribution in [-0.2, 0) is 16.2 Å². The van der Waals surface area contributed by atoms with Crippen molar-refractivity contribution in [1.82, 2.24) is 15.0 Å². The average Bonchev–Trinajstić information content (AvgIpc) is 4.17. The van der Waals surface area contributed by atoms with Crippen LogP contribution >= 0.6 is 0 Å². The summed E-state index contributed by atoms with van der Waals surface area (Å²) in [5.41, 5.74) is 14.5. The quantitative estimate of drug-likeness (QED) is 0.173. The molecule has 318 valence electrons. The lowest BCUT2D eigenvalue weighted by Gasteiger charge is -2.25. The van der Waals surface area contributed by atoms with Crippen LogP contribution in [0.25, 0.3) is 88.7 Å². The Hall–Kier alpha value is -6.33. The molecule has 4 aliphatic rings. The van der Waals surface area contributed by atoms with E-state index in [1.165, 1.54) is 28.7 Å². The maximum absolute atomic E-state index is 7.26. The van der Waals surface area contributed by atoms with E-state index in [1.807, 2.05) is 12.1 Å². The second kappa shape index (κ2) is 13.6. The molecule has 0 N–H and O–H groups in total. The first-order valence-corrected chi connectivity index (χ1v) is 23.2. The summed E-state index contributed by atoms with van der Waals surface area (Å²) in [7, 11) is 0. The molecule has 3 aromatic heterocycles. The normalized spacial score (nSPS) is 20.5. The largest absolute Gasteiger partial charge is 0.456 e. The molecule has 5 nitrogen and oxygen atoms in total. The molecule has 5 heteroatoms. The maximum atomic E-state index is 7.26. The minimum Gasteiger partial charge on any atom is -0.456 e. The Morgan fingerprint density at radius 2 is 1.22 bits per heavy atom. The SMILES string of the molecule is CC(C)(C)c1cc(-c2cc(-c3ccc4c(c3)oc3ccccc34)cc(-c3nc(C4=CC5CC5C=C4)nc(C4=CC=CC5CC45)n3)c2)c2oc3c(C(C)(C)C)cc(C(C)(C)C)cc3c2c1. The van der Waals surface area contributed by atoms with Crippen LogP contribution in [-0.4, -0.2) is 15.0 Å². The van der Waals surface area contributed by atoms with Gasteiger partial charge in [0.1, 0.15) is 22.3 Å². The van der Waals surface area contributed by atoms with Gasteiger partial charge in [0.2, 0.25) is 0 Å². The van der Waals surface area contributed by atoms with Crippen LogP contribution in [0.15, 0.2) is 130 Å². The summed E-state index contributed by atoms with van der Waals surface area (Å²) in [4.78, 5) is 16.0. The second-order valence-corrected chi connectivity index (χ2v) is 22.1. The standard InChI is InChI=1S/C59H55N3O2/c1-57(2,3)40-28-46(52-47(29-40)48-30-41(58(4,5)6)31-49(53(48)64-52)59(7,8)9)38-23-37(33-19-20-43-42-14-10-11-16-50(42)63-51(43)27-33)24-39(25-38)55-60-54(35-18-17-32-21-36(32)22-35)61-56(62-55)44-15-12-13-34-26-45(34)44/h10-20,22-25,27-32,34,36,45H,21,26H2,1-9H3. The van der Waals surface area contributed by atoms with E-state index in [2.05, 4.69) is 172 Å². The zero-order valence-corrected chi connectivity index (χ0v) is 38.4. The average molecular weight is 838 g/mol. The van der Waals surface area contributed by atoms with E-state index >= 15 is 0 Å². The van der Waals surface area contributed by atoms with Crippen molar-refractivity contribution >= 4 is 55.0 Å². The number of fused-ring (bicyclic) bond motifs is 8. The summed E-state index contributed by atoms with van der Waals surface area (Å²) in [5, 5.41) is 4.53. The minimum atomic E-state index is -0.135. The van der Waals surface area contributed by atoms with Crippen LogP contribution in [0.1, 0.15) is 103 Å². The Morgan fingerprint density at radius 1 is 0.516 bits per heavy atom. The molecule has 0 amide bonds. The molecular formula is C59H55N3O2. The molecule has 0 spiro atoms. The van der Waals surface area contributed by atoms with E-state index in [0.29, 0.717) is 29.5 Å². The fraction of sp³-hybridized carbons (Fsp3) is 0.305. The summed E-state index contributed by atoms with van der Waals surface area (Å²) < 4.78 is 13.7. The predicted octanol–water partition coefficient (Wildman–Crippen LogP) is 15.7.